The van der Waals surface area contributed by atoms with Crippen molar-refractivity contribution < 1.29 is 23.9 Å². The molecule has 0 spiro atoms. The number of hydrogen-bond acceptors (Lipinski definition) is 6. The molecular formula is C32H40N4O5. The number of ether oxygens (including phenoxy) is 2. The lowest BCUT2D eigenvalue weighted by molar-refractivity contribution is -0.134. The van der Waals surface area contributed by atoms with Gasteiger partial charge in [0.05, 0.1) is 25.3 Å². The van der Waals surface area contributed by atoms with Crippen molar-refractivity contribution in [3.8, 4) is 11.5 Å². The topological polar surface area (TPSA) is 91.4 Å². The van der Waals surface area contributed by atoms with Crippen LogP contribution in [0.5, 0.6) is 11.5 Å². The maximum Gasteiger partial charge on any atom is 0.234 e. The van der Waals surface area contributed by atoms with Gasteiger partial charge in [0, 0.05) is 51.6 Å². The van der Waals surface area contributed by atoms with Crippen molar-refractivity contribution in [1.82, 2.24) is 20.0 Å². The summed E-state index contributed by atoms with van der Waals surface area (Å²) in [6.45, 7) is 3.28. The minimum atomic E-state index is -0.331. The van der Waals surface area contributed by atoms with Crippen LogP contribution >= 0.6 is 0 Å². The molecule has 1 aliphatic carbocycles. The summed E-state index contributed by atoms with van der Waals surface area (Å²) in [5.41, 5.74) is 2.06. The van der Waals surface area contributed by atoms with Crippen LogP contribution in [-0.2, 0) is 32.3 Å². The number of rotatable bonds is 4. The molecule has 6 rings (SSSR count). The van der Waals surface area contributed by atoms with E-state index in [1.165, 1.54) is 0 Å². The Bertz CT molecular complexity index is 1260. The first-order chi connectivity index (χ1) is 20.0. The minimum Gasteiger partial charge on any atom is -0.457 e. The molecule has 3 heterocycles. The van der Waals surface area contributed by atoms with E-state index in [1.807, 2.05) is 47.4 Å². The second-order valence-electron chi connectivity index (χ2n) is 11.8. The molecule has 3 fully saturated rings. The number of carbonyl (C=O) groups excluding carboxylic acids is 3. The van der Waals surface area contributed by atoms with E-state index in [-0.39, 0.29) is 36.3 Å². The van der Waals surface area contributed by atoms with Gasteiger partial charge in [0.15, 0.2) is 0 Å². The Balaban J connectivity index is 1.17. The Morgan fingerprint density at radius 3 is 2.51 bits per heavy atom. The lowest BCUT2D eigenvalue weighted by atomic mass is 10.1. The molecule has 2 saturated heterocycles. The molecule has 0 unspecified atom stereocenters. The zero-order valence-corrected chi connectivity index (χ0v) is 23.6. The highest BCUT2D eigenvalue weighted by atomic mass is 16.5. The second kappa shape index (κ2) is 12.6. The molecule has 0 aromatic heterocycles. The zero-order valence-electron chi connectivity index (χ0n) is 23.6. The van der Waals surface area contributed by atoms with Gasteiger partial charge in [0.25, 0.3) is 0 Å². The summed E-state index contributed by atoms with van der Waals surface area (Å²) >= 11 is 0. The standard InChI is InChI=1S/C32H40N4O5/c37-30-21-35(25-11-12-25)18-23-6-4-8-26(16-23)41-27-9-5-7-24(17-27)22-40-29-20-36(19-28(29)33-30)32(39)13-15-34-14-3-1-2-10-31(34)38/h4-9,16-17,25,28-29H,1-3,10-15,18-22H2,(H,33,37)/t28-,29-/m0/s1. The maximum atomic E-state index is 13.3. The summed E-state index contributed by atoms with van der Waals surface area (Å²) in [6, 6.07) is 16.0. The third-order valence-electron chi connectivity index (χ3n) is 8.52. The highest BCUT2D eigenvalue weighted by Crippen LogP contribution is 2.30. The van der Waals surface area contributed by atoms with Crippen molar-refractivity contribution in [2.75, 3.05) is 32.7 Å². The molecule has 3 aliphatic heterocycles. The molecule has 2 aromatic rings. The van der Waals surface area contributed by atoms with Gasteiger partial charge >= 0.3 is 0 Å². The Labute approximate surface area is 241 Å². The number of nitrogens with zero attached hydrogens (tertiary/aromatic N) is 3. The predicted molar refractivity (Wildman–Crippen MR) is 153 cm³/mol. The average molecular weight is 561 g/mol. The van der Waals surface area contributed by atoms with E-state index in [1.54, 1.807) is 4.90 Å². The molecule has 9 heteroatoms. The third-order valence-corrected chi connectivity index (χ3v) is 8.52. The van der Waals surface area contributed by atoms with Crippen molar-refractivity contribution >= 4 is 17.7 Å². The maximum absolute atomic E-state index is 13.3. The van der Waals surface area contributed by atoms with Gasteiger partial charge in [-0.25, -0.2) is 0 Å². The van der Waals surface area contributed by atoms with Crippen molar-refractivity contribution in [3.05, 3.63) is 59.7 Å². The van der Waals surface area contributed by atoms with Gasteiger partial charge in [-0.15, -0.1) is 0 Å². The van der Waals surface area contributed by atoms with E-state index in [0.717, 1.165) is 61.3 Å². The molecule has 41 heavy (non-hydrogen) atoms. The second-order valence-corrected chi connectivity index (χ2v) is 11.8. The number of fused-ring (bicyclic) bond motifs is 5. The van der Waals surface area contributed by atoms with E-state index in [4.69, 9.17) is 9.47 Å². The Morgan fingerprint density at radius 2 is 1.71 bits per heavy atom. The first-order valence-electron chi connectivity index (χ1n) is 15.1. The monoisotopic (exact) mass is 560 g/mol. The average Bonchev–Trinajstić information content (AvgIpc) is 3.76. The fourth-order valence-electron chi connectivity index (χ4n) is 6.12. The van der Waals surface area contributed by atoms with Crippen LogP contribution in [0.2, 0.25) is 0 Å². The fraction of sp³-hybridized carbons (Fsp3) is 0.531. The number of amides is 3. The SMILES string of the molecule is O=C1CN(C2CC2)Cc2cccc(c2)Oc2cccc(c2)CO[C@H]2CN(C(=O)CCN3CCCCCC3=O)C[C@@H]2N1. The molecule has 218 valence electrons. The molecule has 4 bridgehead atoms. The van der Waals surface area contributed by atoms with Gasteiger partial charge in [0.1, 0.15) is 11.5 Å². The minimum absolute atomic E-state index is 0.00688. The van der Waals surface area contributed by atoms with Crippen LogP contribution in [-0.4, -0.2) is 83.3 Å². The van der Waals surface area contributed by atoms with E-state index in [0.29, 0.717) is 51.8 Å². The van der Waals surface area contributed by atoms with E-state index < -0.39 is 0 Å². The number of carbonyl (C=O) groups is 3. The third kappa shape index (κ3) is 7.26. The van der Waals surface area contributed by atoms with Gasteiger partial charge < -0.3 is 24.6 Å². The van der Waals surface area contributed by atoms with Gasteiger partial charge in [0.2, 0.25) is 17.7 Å². The summed E-state index contributed by atoms with van der Waals surface area (Å²) in [7, 11) is 0. The summed E-state index contributed by atoms with van der Waals surface area (Å²) in [4.78, 5) is 44.8. The van der Waals surface area contributed by atoms with Crippen molar-refractivity contribution in [2.24, 2.45) is 0 Å². The predicted octanol–water partition coefficient (Wildman–Crippen LogP) is 3.46. The molecule has 1 saturated carbocycles. The zero-order chi connectivity index (χ0) is 28.2. The Hall–Kier alpha value is -3.43. The van der Waals surface area contributed by atoms with Crippen LogP contribution in [0.4, 0.5) is 0 Å². The van der Waals surface area contributed by atoms with Crippen molar-refractivity contribution in [1.29, 1.82) is 0 Å². The van der Waals surface area contributed by atoms with Crippen LogP contribution < -0.4 is 10.1 Å². The Morgan fingerprint density at radius 1 is 0.927 bits per heavy atom. The van der Waals surface area contributed by atoms with Crippen LogP contribution in [0, 0.1) is 0 Å². The number of nitrogens with one attached hydrogen (secondary N) is 1. The fourth-order valence-corrected chi connectivity index (χ4v) is 6.12. The first kappa shape index (κ1) is 27.7. The highest BCUT2D eigenvalue weighted by molar-refractivity contribution is 5.81. The first-order valence-corrected chi connectivity index (χ1v) is 15.1. The summed E-state index contributed by atoms with van der Waals surface area (Å²) in [6.07, 6.45) is 5.67. The smallest absolute Gasteiger partial charge is 0.234 e. The van der Waals surface area contributed by atoms with Crippen LogP contribution in [0.25, 0.3) is 0 Å². The largest absolute Gasteiger partial charge is 0.457 e. The van der Waals surface area contributed by atoms with Gasteiger partial charge in [-0.3, -0.25) is 19.3 Å². The molecular weight excluding hydrogens is 520 g/mol. The summed E-state index contributed by atoms with van der Waals surface area (Å²) in [5.74, 6) is 1.59. The number of benzene rings is 2. The summed E-state index contributed by atoms with van der Waals surface area (Å²) < 4.78 is 12.5. The molecule has 1 N–H and O–H groups in total. The number of likely N-dealkylation sites (tertiary alicyclic amines) is 2. The number of hydrogen-bond donors (Lipinski definition) is 1. The van der Waals surface area contributed by atoms with Crippen LogP contribution in [0.3, 0.4) is 0 Å². The highest BCUT2D eigenvalue weighted by Gasteiger charge is 2.38. The van der Waals surface area contributed by atoms with E-state index >= 15 is 0 Å². The normalized spacial score (nSPS) is 24.3. The van der Waals surface area contributed by atoms with Gasteiger partial charge in [-0.1, -0.05) is 30.7 Å². The van der Waals surface area contributed by atoms with E-state index in [9.17, 15) is 14.4 Å². The summed E-state index contributed by atoms with van der Waals surface area (Å²) in [5, 5.41) is 3.20. The quantitative estimate of drug-likeness (QED) is 0.616. The van der Waals surface area contributed by atoms with E-state index in [2.05, 4.69) is 16.3 Å². The molecule has 2 atom stereocenters. The van der Waals surface area contributed by atoms with Crippen molar-refractivity contribution in [2.45, 2.75) is 76.3 Å². The Kier molecular flexibility index (Phi) is 8.53. The van der Waals surface area contributed by atoms with Gasteiger partial charge in [-0.05, 0) is 61.1 Å². The lowest BCUT2D eigenvalue weighted by Gasteiger charge is -2.25. The van der Waals surface area contributed by atoms with Gasteiger partial charge in [-0.2, -0.15) is 0 Å². The molecule has 0 radical (unpaired) electrons. The van der Waals surface area contributed by atoms with Crippen molar-refractivity contribution in [3.63, 3.8) is 0 Å². The molecule has 9 nitrogen and oxygen atoms in total. The van der Waals surface area contributed by atoms with Crippen LogP contribution in [0.1, 0.15) is 56.1 Å². The van der Waals surface area contributed by atoms with Crippen LogP contribution in [0.15, 0.2) is 48.5 Å². The molecule has 4 aliphatic rings. The molecule has 3 amide bonds. The lowest BCUT2D eigenvalue weighted by Crippen LogP contribution is -2.48. The molecule has 2 aromatic carbocycles.